The van der Waals surface area contributed by atoms with E-state index >= 15 is 0 Å². The van der Waals surface area contributed by atoms with E-state index in [-0.39, 0.29) is 0 Å². The quantitative estimate of drug-likeness (QED) is 0.103. The van der Waals surface area contributed by atoms with E-state index < -0.39 is 0 Å². The minimum atomic E-state index is 0.391. The van der Waals surface area contributed by atoms with Crippen LogP contribution in [0.15, 0.2) is 49.1 Å². The normalized spacial score (nSPS) is 13.3. The second kappa shape index (κ2) is 12.5. The van der Waals surface area contributed by atoms with Crippen LogP contribution in [-0.4, -0.2) is 64.0 Å². The highest BCUT2D eigenvalue weighted by molar-refractivity contribution is 9.08. The molecule has 1 aromatic carbocycles. The maximum atomic E-state index is 5.97. The Bertz CT molecular complexity index is 1720. The molecular formula is C31H35BrN6O3S. The number of benzene rings is 1. The maximum Gasteiger partial charge on any atom is 0.164 e. The van der Waals surface area contributed by atoms with E-state index in [0.717, 1.165) is 72.9 Å². The molecule has 0 bridgehead atoms. The Balaban J connectivity index is 1.47. The Hall–Kier alpha value is -3.28. The second-order valence-corrected chi connectivity index (χ2v) is 12.1. The summed E-state index contributed by atoms with van der Waals surface area (Å²) in [5.74, 6) is 2.47. The Morgan fingerprint density at radius 3 is 2.69 bits per heavy atom. The maximum absolute atomic E-state index is 5.97. The molecule has 1 aliphatic carbocycles. The first-order valence-corrected chi connectivity index (χ1v) is 16.5. The third-order valence-electron chi connectivity index (χ3n) is 7.62. The predicted molar refractivity (Wildman–Crippen MR) is 173 cm³/mol. The molecule has 0 radical (unpaired) electrons. The monoisotopic (exact) mass is 650 g/mol. The fourth-order valence-corrected chi connectivity index (χ4v) is 5.84. The number of nitrogens with zero attached hydrogens (tertiary/aromatic N) is 6. The number of pyridine rings is 2. The van der Waals surface area contributed by atoms with Crippen LogP contribution < -0.4 is 14.4 Å². The van der Waals surface area contributed by atoms with Crippen LogP contribution in [0, 0.1) is 0 Å². The van der Waals surface area contributed by atoms with Crippen molar-refractivity contribution in [2.45, 2.75) is 37.5 Å². The van der Waals surface area contributed by atoms with E-state index in [9.17, 15) is 0 Å². The minimum Gasteiger partial charge on any atom is -0.497 e. The van der Waals surface area contributed by atoms with Crippen LogP contribution in [0.3, 0.4) is 0 Å². The van der Waals surface area contributed by atoms with E-state index in [0.29, 0.717) is 25.9 Å². The molecule has 1 saturated carbocycles. The van der Waals surface area contributed by atoms with Gasteiger partial charge >= 0.3 is 0 Å². The number of fused-ring (bicyclic) bond motifs is 2. The molecule has 220 valence electrons. The molecule has 0 saturated heterocycles. The van der Waals surface area contributed by atoms with Gasteiger partial charge in [0.2, 0.25) is 0 Å². The number of aromatic nitrogens is 5. The molecule has 11 heteroatoms. The third kappa shape index (κ3) is 5.69. The average molecular weight is 652 g/mol. The summed E-state index contributed by atoms with van der Waals surface area (Å²) in [6.07, 6.45) is 10.4. The summed E-state index contributed by atoms with van der Waals surface area (Å²) in [5.41, 5.74) is 7.73. The van der Waals surface area contributed by atoms with Crippen molar-refractivity contribution in [1.29, 1.82) is 0 Å². The molecule has 42 heavy (non-hydrogen) atoms. The van der Waals surface area contributed by atoms with Gasteiger partial charge in [-0.25, -0.2) is 15.0 Å². The fourth-order valence-electron chi connectivity index (χ4n) is 5.25. The van der Waals surface area contributed by atoms with Crippen molar-refractivity contribution < 1.29 is 14.2 Å². The highest BCUT2D eigenvalue weighted by atomic mass is 79.9. The first-order chi connectivity index (χ1) is 20.5. The number of rotatable bonds is 13. The van der Waals surface area contributed by atoms with E-state index in [1.807, 2.05) is 35.3 Å². The standard InChI is InChI=1S/C31H35BrN6O3S/c1-36(16-21-5-8-23(39-2)12-28(21)40-3)27-13-26(35-31-29(27)34-18-37(31)19-41-9-10-42-4)25-17-38(22-6-7-22)30-24(25)11-20(14-32)15-33-30/h5,8,11-13,15,17-18,22H,6-7,9-10,14,16,19H2,1-4H3. The highest BCUT2D eigenvalue weighted by Crippen LogP contribution is 2.42. The molecule has 9 nitrogen and oxygen atoms in total. The molecule has 6 rings (SSSR count). The Morgan fingerprint density at radius 2 is 1.95 bits per heavy atom. The second-order valence-electron chi connectivity index (χ2n) is 10.5. The van der Waals surface area contributed by atoms with Gasteiger partial charge in [-0.2, -0.15) is 11.8 Å². The number of halogens is 1. The summed E-state index contributed by atoms with van der Waals surface area (Å²) in [6.45, 7) is 1.67. The number of anilines is 1. The molecule has 1 aliphatic rings. The molecule has 4 aromatic heterocycles. The van der Waals surface area contributed by atoms with Crippen LogP contribution in [0.1, 0.15) is 30.0 Å². The van der Waals surface area contributed by atoms with E-state index in [2.05, 4.69) is 57.0 Å². The summed E-state index contributed by atoms with van der Waals surface area (Å²) in [6, 6.07) is 10.8. The van der Waals surface area contributed by atoms with Gasteiger partial charge in [-0.1, -0.05) is 15.9 Å². The van der Waals surface area contributed by atoms with Crippen molar-refractivity contribution in [2.75, 3.05) is 44.8 Å². The van der Waals surface area contributed by atoms with Crippen molar-refractivity contribution >= 4 is 55.6 Å². The van der Waals surface area contributed by atoms with Crippen molar-refractivity contribution in [1.82, 2.24) is 24.1 Å². The number of hydrogen-bond acceptors (Lipinski definition) is 8. The van der Waals surface area contributed by atoms with Gasteiger partial charge in [0.25, 0.3) is 0 Å². The molecule has 1 fully saturated rings. The lowest BCUT2D eigenvalue weighted by atomic mass is 10.1. The van der Waals surface area contributed by atoms with Crippen LogP contribution in [0.25, 0.3) is 33.5 Å². The topological polar surface area (TPSA) is 79.5 Å². The van der Waals surface area contributed by atoms with E-state index in [4.69, 9.17) is 29.2 Å². The van der Waals surface area contributed by atoms with Crippen LogP contribution in [0.5, 0.6) is 11.5 Å². The Kier molecular flexibility index (Phi) is 8.60. The largest absolute Gasteiger partial charge is 0.497 e. The van der Waals surface area contributed by atoms with Crippen molar-refractivity contribution in [2.24, 2.45) is 0 Å². The summed E-state index contributed by atoms with van der Waals surface area (Å²) in [4.78, 5) is 17.1. The molecular weight excluding hydrogens is 616 g/mol. The zero-order chi connectivity index (χ0) is 29.2. The van der Waals surface area contributed by atoms with E-state index in [1.165, 1.54) is 12.8 Å². The lowest BCUT2D eigenvalue weighted by Crippen LogP contribution is -2.18. The number of hydrogen-bond donors (Lipinski definition) is 0. The number of thioether (sulfide) groups is 1. The summed E-state index contributed by atoms with van der Waals surface area (Å²) in [7, 11) is 5.42. The SMILES string of the molecule is COc1ccc(CN(C)c2cc(-c3cn(C4CC4)c4ncc(CBr)cc34)nc3c2ncn3COCCSC)c(OC)c1. The van der Waals surface area contributed by atoms with Gasteiger partial charge in [0.15, 0.2) is 5.65 Å². The van der Waals surface area contributed by atoms with Gasteiger partial charge in [-0.3, -0.25) is 4.57 Å². The Labute approximate surface area is 258 Å². The lowest BCUT2D eigenvalue weighted by Gasteiger charge is -2.22. The van der Waals surface area contributed by atoms with Crippen LogP contribution in [0.2, 0.25) is 0 Å². The van der Waals surface area contributed by atoms with E-state index in [1.54, 1.807) is 26.0 Å². The smallest absolute Gasteiger partial charge is 0.164 e. The van der Waals surface area contributed by atoms with Crippen LogP contribution in [-0.2, 0) is 23.3 Å². The minimum absolute atomic E-state index is 0.391. The molecule has 0 atom stereocenters. The van der Waals surface area contributed by atoms with Crippen LogP contribution >= 0.6 is 27.7 Å². The summed E-state index contributed by atoms with van der Waals surface area (Å²) in [5, 5.41) is 1.85. The molecule has 0 spiro atoms. The summed E-state index contributed by atoms with van der Waals surface area (Å²) >= 11 is 5.38. The fraction of sp³-hybridized carbons (Fsp3) is 0.387. The molecule has 0 aliphatic heterocycles. The molecule has 0 N–H and O–H groups in total. The zero-order valence-corrected chi connectivity index (χ0v) is 26.7. The molecule has 5 aromatic rings. The highest BCUT2D eigenvalue weighted by Gasteiger charge is 2.28. The number of methoxy groups -OCH3 is 2. The molecule has 4 heterocycles. The van der Waals surface area contributed by atoms with Gasteiger partial charge in [-0.15, -0.1) is 0 Å². The van der Waals surface area contributed by atoms with Crippen molar-refractivity contribution in [3.05, 3.63) is 60.2 Å². The van der Waals surface area contributed by atoms with Crippen molar-refractivity contribution in [3.8, 4) is 22.8 Å². The molecule has 0 amide bonds. The summed E-state index contributed by atoms with van der Waals surface area (Å²) < 4.78 is 21.4. The van der Waals surface area contributed by atoms with Gasteiger partial charge in [0.1, 0.15) is 29.4 Å². The first kappa shape index (κ1) is 28.8. The first-order valence-electron chi connectivity index (χ1n) is 13.9. The van der Waals surface area contributed by atoms with Gasteiger partial charge in [0, 0.05) is 65.7 Å². The number of alkyl halides is 1. The number of imidazole rings is 1. The van der Waals surface area contributed by atoms with Crippen LogP contribution in [0.4, 0.5) is 5.69 Å². The number of ether oxygens (including phenoxy) is 3. The van der Waals surface area contributed by atoms with Crippen molar-refractivity contribution in [3.63, 3.8) is 0 Å². The predicted octanol–water partition coefficient (Wildman–Crippen LogP) is 6.67. The third-order valence-corrected chi connectivity index (χ3v) is 8.85. The lowest BCUT2D eigenvalue weighted by molar-refractivity contribution is 0.0923. The Morgan fingerprint density at radius 1 is 1.10 bits per heavy atom. The zero-order valence-electron chi connectivity index (χ0n) is 24.3. The van der Waals surface area contributed by atoms with Gasteiger partial charge < -0.3 is 23.7 Å². The molecule has 0 unspecified atom stereocenters. The van der Waals surface area contributed by atoms with Gasteiger partial charge in [-0.05, 0) is 48.9 Å². The average Bonchev–Trinajstić information content (AvgIpc) is 3.68. The van der Waals surface area contributed by atoms with Gasteiger partial charge in [0.05, 0.1) is 38.5 Å².